The highest BCUT2D eigenvalue weighted by atomic mass is 16.5. The number of hydrogen-bond donors (Lipinski definition) is 1. The summed E-state index contributed by atoms with van der Waals surface area (Å²) < 4.78 is 11.1. The molecule has 3 aromatic carbocycles. The van der Waals surface area contributed by atoms with Gasteiger partial charge in [-0.15, -0.1) is 0 Å². The van der Waals surface area contributed by atoms with Crippen LogP contribution in [0.1, 0.15) is 28.4 Å². The number of ether oxygens (including phenoxy) is 2. The molecule has 0 saturated carbocycles. The fourth-order valence-corrected chi connectivity index (χ4v) is 2.68. The van der Waals surface area contributed by atoms with E-state index in [0.29, 0.717) is 23.6 Å². The van der Waals surface area contributed by atoms with Gasteiger partial charge in [0.1, 0.15) is 12.4 Å². The summed E-state index contributed by atoms with van der Waals surface area (Å²) >= 11 is 0. The third-order valence-electron chi connectivity index (χ3n) is 4.37. The van der Waals surface area contributed by atoms with Gasteiger partial charge in [0, 0.05) is 5.69 Å². The van der Waals surface area contributed by atoms with Crippen LogP contribution in [-0.4, -0.2) is 18.0 Å². The zero-order chi connectivity index (χ0) is 20.6. The summed E-state index contributed by atoms with van der Waals surface area (Å²) in [4.78, 5) is 24.8. The van der Waals surface area contributed by atoms with Crippen LogP contribution in [0.4, 0.5) is 5.69 Å². The number of carbonyl (C=O) groups excluding carboxylic acids is 2. The molecule has 1 unspecified atom stereocenters. The maximum Gasteiger partial charge on any atom is 0.339 e. The molecule has 5 nitrogen and oxygen atoms in total. The third kappa shape index (κ3) is 5.69. The molecule has 0 aromatic heterocycles. The SMILES string of the molecule is Cc1ccccc1NC(=O)C(C)OC(=O)c1cccc(OCc2ccccc2)c1. The lowest BCUT2D eigenvalue weighted by Crippen LogP contribution is -2.30. The molecule has 0 aliphatic carbocycles. The molecule has 0 aliphatic heterocycles. The van der Waals surface area contributed by atoms with Crippen molar-refractivity contribution in [1.82, 2.24) is 0 Å². The van der Waals surface area contributed by atoms with Gasteiger partial charge in [-0.2, -0.15) is 0 Å². The van der Waals surface area contributed by atoms with Gasteiger partial charge in [-0.25, -0.2) is 4.79 Å². The Balaban J connectivity index is 1.58. The smallest absolute Gasteiger partial charge is 0.339 e. The van der Waals surface area contributed by atoms with Crippen LogP contribution in [0, 0.1) is 6.92 Å². The first-order valence-electron chi connectivity index (χ1n) is 9.37. The number of amides is 1. The summed E-state index contributed by atoms with van der Waals surface area (Å²) in [7, 11) is 0. The molecule has 0 heterocycles. The van der Waals surface area contributed by atoms with E-state index in [9.17, 15) is 9.59 Å². The Morgan fingerprint density at radius 1 is 0.931 bits per heavy atom. The lowest BCUT2D eigenvalue weighted by Gasteiger charge is -2.15. The van der Waals surface area contributed by atoms with E-state index in [2.05, 4.69) is 5.32 Å². The first-order chi connectivity index (χ1) is 14.0. The number of carbonyl (C=O) groups is 2. The number of anilines is 1. The highest BCUT2D eigenvalue weighted by Gasteiger charge is 2.20. The predicted octanol–water partition coefficient (Wildman–Crippen LogP) is 4.76. The summed E-state index contributed by atoms with van der Waals surface area (Å²) in [5.41, 5.74) is 2.98. The van der Waals surface area contributed by atoms with Crippen molar-refractivity contribution in [3.8, 4) is 5.75 Å². The van der Waals surface area contributed by atoms with Crippen molar-refractivity contribution in [1.29, 1.82) is 0 Å². The lowest BCUT2D eigenvalue weighted by molar-refractivity contribution is -0.123. The van der Waals surface area contributed by atoms with Gasteiger partial charge < -0.3 is 14.8 Å². The molecule has 148 valence electrons. The molecule has 0 radical (unpaired) electrons. The fraction of sp³-hybridized carbons (Fsp3) is 0.167. The van der Waals surface area contributed by atoms with E-state index in [1.807, 2.05) is 55.5 Å². The molecule has 3 rings (SSSR count). The van der Waals surface area contributed by atoms with Crippen molar-refractivity contribution in [2.24, 2.45) is 0 Å². The molecular formula is C24H23NO4. The van der Waals surface area contributed by atoms with E-state index >= 15 is 0 Å². The molecule has 0 spiro atoms. The minimum absolute atomic E-state index is 0.325. The second kappa shape index (κ2) is 9.55. The van der Waals surface area contributed by atoms with Gasteiger partial charge in [0.25, 0.3) is 5.91 Å². The minimum atomic E-state index is -0.934. The van der Waals surface area contributed by atoms with Crippen molar-refractivity contribution < 1.29 is 19.1 Å². The monoisotopic (exact) mass is 389 g/mol. The number of aryl methyl sites for hydroxylation is 1. The van der Waals surface area contributed by atoms with E-state index in [0.717, 1.165) is 11.1 Å². The Morgan fingerprint density at radius 3 is 2.41 bits per heavy atom. The number of esters is 1. The first-order valence-corrected chi connectivity index (χ1v) is 9.37. The predicted molar refractivity (Wildman–Crippen MR) is 112 cm³/mol. The van der Waals surface area contributed by atoms with Gasteiger partial charge >= 0.3 is 5.97 Å². The molecule has 0 bridgehead atoms. The Kier molecular flexibility index (Phi) is 6.63. The highest BCUT2D eigenvalue weighted by Crippen LogP contribution is 2.17. The van der Waals surface area contributed by atoms with Crippen molar-refractivity contribution in [3.63, 3.8) is 0 Å². The van der Waals surface area contributed by atoms with E-state index in [4.69, 9.17) is 9.47 Å². The van der Waals surface area contributed by atoms with Gasteiger partial charge in [0.05, 0.1) is 5.56 Å². The topological polar surface area (TPSA) is 64.6 Å². The van der Waals surface area contributed by atoms with Crippen LogP contribution in [0.2, 0.25) is 0 Å². The molecule has 1 atom stereocenters. The Bertz CT molecular complexity index is 985. The van der Waals surface area contributed by atoms with Crippen molar-refractivity contribution in [2.45, 2.75) is 26.6 Å². The van der Waals surface area contributed by atoms with Crippen LogP contribution in [-0.2, 0) is 16.1 Å². The molecule has 0 aliphatic rings. The molecule has 1 amide bonds. The number of hydrogen-bond acceptors (Lipinski definition) is 4. The number of rotatable bonds is 7. The molecule has 3 aromatic rings. The van der Waals surface area contributed by atoms with E-state index in [1.54, 1.807) is 37.3 Å². The second-order valence-corrected chi connectivity index (χ2v) is 6.65. The quantitative estimate of drug-likeness (QED) is 0.592. The molecular weight excluding hydrogens is 366 g/mol. The maximum absolute atomic E-state index is 12.4. The van der Waals surface area contributed by atoms with Gasteiger partial charge in [-0.3, -0.25) is 4.79 Å². The van der Waals surface area contributed by atoms with Crippen molar-refractivity contribution in [2.75, 3.05) is 5.32 Å². The van der Waals surface area contributed by atoms with Gasteiger partial charge in [-0.05, 0) is 49.2 Å². The number of benzene rings is 3. The zero-order valence-corrected chi connectivity index (χ0v) is 16.4. The molecule has 5 heteroatoms. The lowest BCUT2D eigenvalue weighted by atomic mass is 10.2. The molecule has 0 saturated heterocycles. The van der Waals surface area contributed by atoms with Gasteiger partial charge in [0.2, 0.25) is 0 Å². The maximum atomic E-state index is 12.4. The minimum Gasteiger partial charge on any atom is -0.489 e. The zero-order valence-electron chi connectivity index (χ0n) is 16.4. The number of nitrogens with one attached hydrogen (secondary N) is 1. The van der Waals surface area contributed by atoms with Crippen LogP contribution < -0.4 is 10.1 Å². The Labute approximate surface area is 170 Å². The molecule has 1 N–H and O–H groups in total. The summed E-state index contributed by atoms with van der Waals surface area (Å²) in [6.45, 7) is 3.84. The average Bonchev–Trinajstić information content (AvgIpc) is 2.74. The van der Waals surface area contributed by atoms with Crippen LogP contribution in [0.3, 0.4) is 0 Å². The van der Waals surface area contributed by atoms with Crippen LogP contribution in [0.25, 0.3) is 0 Å². The van der Waals surface area contributed by atoms with Crippen LogP contribution in [0.5, 0.6) is 5.75 Å². The summed E-state index contributed by atoms with van der Waals surface area (Å²) in [6, 6.07) is 23.9. The second-order valence-electron chi connectivity index (χ2n) is 6.65. The van der Waals surface area contributed by atoms with E-state index < -0.39 is 12.1 Å². The first kappa shape index (κ1) is 20.1. The van der Waals surface area contributed by atoms with Crippen molar-refractivity contribution >= 4 is 17.6 Å². The standard InChI is InChI=1S/C24H23NO4/c1-17-9-6-7-14-22(17)25-23(26)18(2)29-24(27)20-12-8-13-21(15-20)28-16-19-10-4-3-5-11-19/h3-15,18H,16H2,1-2H3,(H,25,26). The average molecular weight is 389 g/mol. The number of para-hydroxylation sites is 1. The van der Waals surface area contributed by atoms with E-state index in [1.165, 1.54) is 0 Å². The summed E-state index contributed by atoms with van der Waals surface area (Å²) in [5.74, 6) is -0.410. The molecule has 29 heavy (non-hydrogen) atoms. The van der Waals surface area contributed by atoms with Crippen LogP contribution in [0.15, 0.2) is 78.9 Å². The van der Waals surface area contributed by atoms with Crippen molar-refractivity contribution in [3.05, 3.63) is 95.6 Å². The van der Waals surface area contributed by atoms with Crippen LogP contribution >= 0.6 is 0 Å². The summed E-state index contributed by atoms with van der Waals surface area (Å²) in [6.07, 6.45) is -0.934. The molecule has 0 fully saturated rings. The fourth-order valence-electron chi connectivity index (χ4n) is 2.68. The normalized spacial score (nSPS) is 11.4. The highest BCUT2D eigenvalue weighted by molar-refractivity contribution is 5.97. The Hall–Kier alpha value is -3.60. The third-order valence-corrected chi connectivity index (χ3v) is 4.37. The van der Waals surface area contributed by atoms with Gasteiger partial charge in [-0.1, -0.05) is 54.6 Å². The Morgan fingerprint density at radius 2 is 1.66 bits per heavy atom. The van der Waals surface area contributed by atoms with E-state index in [-0.39, 0.29) is 5.91 Å². The summed E-state index contributed by atoms with van der Waals surface area (Å²) in [5, 5.41) is 2.78. The largest absolute Gasteiger partial charge is 0.489 e. The van der Waals surface area contributed by atoms with Gasteiger partial charge in [0.15, 0.2) is 6.10 Å².